The fourth-order valence-corrected chi connectivity index (χ4v) is 1.91. The maximum absolute atomic E-state index is 11.6. The van der Waals surface area contributed by atoms with Crippen LogP contribution in [0.1, 0.15) is 31.7 Å². The van der Waals surface area contributed by atoms with Crippen molar-refractivity contribution in [3.8, 4) is 0 Å². The molecule has 0 aliphatic rings. The number of carbonyl (C=O) groups excluding carboxylic acids is 1. The zero-order valence-corrected chi connectivity index (χ0v) is 11.7. The van der Waals surface area contributed by atoms with Crippen molar-refractivity contribution < 1.29 is 9.53 Å². The Hall–Kier alpha value is -0.840. The fraction of sp³-hybridized carbons (Fsp3) is 0.500. The van der Waals surface area contributed by atoms with Gasteiger partial charge in [-0.1, -0.05) is 43.0 Å². The second-order valence-electron chi connectivity index (χ2n) is 3.98. The molecule has 0 aliphatic heterocycles. The van der Waals surface area contributed by atoms with E-state index in [1.807, 2.05) is 6.92 Å². The summed E-state index contributed by atoms with van der Waals surface area (Å²) in [5.74, 6) is -0.410. The Morgan fingerprint density at radius 3 is 2.61 bits per heavy atom. The molecule has 1 aromatic rings. The van der Waals surface area contributed by atoms with Crippen molar-refractivity contribution in [2.75, 3.05) is 0 Å². The summed E-state index contributed by atoms with van der Waals surface area (Å²) in [7, 11) is 0. The Balaban J connectivity index is 2.46. The first-order valence-corrected chi connectivity index (χ1v) is 6.52. The third-order valence-corrected chi connectivity index (χ3v) is 2.76. The summed E-state index contributed by atoms with van der Waals surface area (Å²) in [4.78, 5) is 15.4. The maximum atomic E-state index is 11.6. The lowest BCUT2D eigenvalue weighted by Crippen LogP contribution is -2.32. The molecular formula is C12H16Cl2N2O2. The number of pyridine rings is 1. The molecule has 1 aromatic heterocycles. The van der Waals surface area contributed by atoms with Crippen LogP contribution < -0.4 is 5.73 Å². The van der Waals surface area contributed by atoms with Gasteiger partial charge in [-0.2, -0.15) is 0 Å². The number of nitrogens with zero attached hydrogens (tertiary/aromatic N) is 1. The summed E-state index contributed by atoms with van der Waals surface area (Å²) < 4.78 is 5.09. The number of esters is 1. The van der Waals surface area contributed by atoms with E-state index in [0.717, 1.165) is 12.8 Å². The number of aromatic nitrogens is 1. The smallest absolute Gasteiger partial charge is 0.323 e. The molecule has 18 heavy (non-hydrogen) atoms. The Bertz CT molecular complexity index is 393. The molecule has 6 heteroatoms. The standard InChI is InChI=1S/C12H16Cl2N2O2/c1-2-3-4-9(15)12(17)18-7-8-5-10(13)16-11(14)6-8/h5-6,9H,2-4,7,15H2,1H3/t9-/m0/s1. The van der Waals surface area contributed by atoms with Crippen LogP contribution in [0.15, 0.2) is 12.1 Å². The second kappa shape index (κ2) is 7.56. The van der Waals surface area contributed by atoms with Gasteiger partial charge in [0.1, 0.15) is 23.0 Å². The zero-order chi connectivity index (χ0) is 13.5. The van der Waals surface area contributed by atoms with Gasteiger partial charge in [-0.3, -0.25) is 4.79 Å². The maximum Gasteiger partial charge on any atom is 0.323 e. The highest BCUT2D eigenvalue weighted by molar-refractivity contribution is 6.32. The van der Waals surface area contributed by atoms with Crippen LogP contribution in [0.25, 0.3) is 0 Å². The van der Waals surface area contributed by atoms with E-state index in [1.54, 1.807) is 12.1 Å². The largest absolute Gasteiger partial charge is 0.460 e. The molecule has 1 heterocycles. The van der Waals surface area contributed by atoms with E-state index < -0.39 is 12.0 Å². The molecule has 100 valence electrons. The summed E-state index contributed by atoms with van der Waals surface area (Å²) in [6, 6.07) is 2.62. The average molecular weight is 291 g/mol. The van der Waals surface area contributed by atoms with Crippen LogP contribution in [0.4, 0.5) is 0 Å². The van der Waals surface area contributed by atoms with Crippen LogP contribution in [0.5, 0.6) is 0 Å². The van der Waals surface area contributed by atoms with Crippen LogP contribution in [0.2, 0.25) is 10.3 Å². The highest BCUT2D eigenvalue weighted by Gasteiger charge is 2.14. The first kappa shape index (κ1) is 15.2. The lowest BCUT2D eigenvalue weighted by atomic mass is 10.1. The van der Waals surface area contributed by atoms with Crippen molar-refractivity contribution in [1.82, 2.24) is 4.98 Å². The summed E-state index contributed by atoms with van der Waals surface area (Å²) in [6.45, 7) is 2.14. The monoisotopic (exact) mass is 290 g/mol. The molecule has 1 rings (SSSR count). The molecule has 0 saturated carbocycles. The van der Waals surface area contributed by atoms with Crippen LogP contribution in [0.3, 0.4) is 0 Å². The van der Waals surface area contributed by atoms with Gasteiger partial charge in [0.05, 0.1) is 0 Å². The third kappa shape index (κ3) is 5.21. The van der Waals surface area contributed by atoms with Gasteiger partial charge < -0.3 is 10.5 Å². The minimum atomic E-state index is -0.572. The number of hydrogen-bond donors (Lipinski definition) is 1. The molecule has 4 nitrogen and oxygen atoms in total. The van der Waals surface area contributed by atoms with Crippen LogP contribution in [0, 0.1) is 0 Å². The van der Waals surface area contributed by atoms with E-state index in [0.29, 0.717) is 12.0 Å². The molecule has 0 bridgehead atoms. The Morgan fingerprint density at radius 1 is 1.44 bits per heavy atom. The molecule has 0 unspecified atom stereocenters. The highest BCUT2D eigenvalue weighted by Crippen LogP contribution is 2.15. The first-order chi connectivity index (χ1) is 8.52. The molecule has 0 fully saturated rings. The molecule has 0 amide bonds. The van der Waals surface area contributed by atoms with E-state index in [2.05, 4.69) is 4.98 Å². The van der Waals surface area contributed by atoms with Gasteiger partial charge in [0.25, 0.3) is 0 Å². The lowest BCUT2D eigenvalue weighted by Gasteiger charge is -2.11. The summed E-state index contributed by atoms with van der Waals surface area (Å²) in [6.07, 6.45) is 2.53. The van der Waals surface area contributed by atoms with Gasteiger partial charge in [-0.25, -0.2) is 4.98 Å². The van der Waals surface area contributed by atoms with Crippen LogP contribution >= 0.6 is 23.2 Å². The quantitative estimate of drug-likeness (QED) is 0.646. The second-order valence-corrected chi connectivity index (χ2v) is 4.75. The van der Waals surface area contributed by atoms with Crippen LogP contribution in [-0.2, 0) is 16.1 Å². The van der Waals surface area contributed by atoms with E-state index >= 15 is 0 Å². The lowest BCUT2D eigenvalue weighted by molar-refractivity contribution is -0.146. The minimum absolute atomic E-state index is 0.0978. The van der Waals surface area contributed by atoms with Gasteiger partial charge in [-0.15, -0.1) is 0 Å². The first-order valence-electron chi connectivity index (χ1n) is 5.77. The van der Waals surface area contributed by atoms with Gasteiger partial charge in [0, 0.05) is 0 Å². The molecule has 0 spiro atoms. The van der Waals surface area contributed by atoms with Gasteiger partial charge in [0.2, 0.25) is 0 Å². The van der Waals surface area contributed by atoms with Crippen molar-refractivity contribution in [2.24, 2.45) is 5.73 Å². The predicted molar refractivity (Wildman–Crippen MR) is 71.6 cm³/mol. The molecule has 0 aliphatic carbocycles. The topological polar surface area (TPSA) is 65.2 Å². The SMILES string of the molecule is CCCC[C@H](N)C(=O)OCc1cc(Cl)nc(Cl)c1. The summed E-state index contributed by atoms with van der Waals surface area (Å²) in [5, 5.41) is 0.535. The number of hydrogen-bond acceptors (Lipinski definition) is 4. The van der Waals surface area contributed by atoms with Gasteiger partial charge in [0.15, 0.2) is 0 Å². The molecule has 2 N–H and O–H groups in total. The summed E-state index contributed by atoms with van der Waals surface area (Å²) >= 11 is 11.5. The zero-order valence-electron chi connectivity index (χ0n) is 10.2. The number of nitrogens with two attached hydrogens (primary N) is 1. The Kier molecular flexibility index (Phi) is 6.39. The van der Waals surface area contributed by atoms with E-state index in [4.69, 9.17) is 33.7 Å². The number of rotatable bonds is 6. The number of halogens is 2. The van der Waals surface area contributed by atoms with Crippen molar-refractivity contribution in [3.63, 3.8) is 0 Å². The Labute approximate surface area is 116 Å². The Morgan fingerprint density at radius 2 is 2.06 bits per heavy atom. The number of unbranched alkanes of at least 4 members (excludes halogenated alkanes) is 1. The van der Waals surface area contributed by atoms with E-state index in [1.165, 1.54) is 0 Å². The number of carbonyl (C=O) groups is 1. The molecule has 0 radical (unpaired) electrons. The minimum Gasteiger partial charge on any atom is -0.460 e. The van der Waals surface area contributed by atoms with Crippen molar-refractivity contribution in [3.05, 3.63) is 28.0 Å². The number of ether oxygens (including phenoxy) is 1. The van der Waals surface area contributed by atoms with Crippen molar-refractivity contribution in [2.45, 2.75) is 38.8 Å². The summed E-state index contributed by atoms with van der Waals surface area (Å²) in [5.41, 5.74) is 6.38. The molecular weight excluding hydrogens is 275 g/mol. The average Bonchev–Trinajstić information content (AvgIpc) is 2.31. The molecule has 1 atom stereocenters. The predicted octanol–water partition coefficient (Wildman–Crippen LogP) is 2.95. The molecule has 0 saturated heterocycles. The van der Waals surface area contributed by atoms with E-state index in [-0.39, 0.29) is 16.9 Å². The highest BCUT2D eigenvalue weighted by atomic mass is 35.5. The van der Waals surface area contributed by atoms with Crippen LogP contribution in [-0.4, -0.2) is 17.0 Å². The third-order valence-electron chi connectivity index (χ3n) is 2.38. The van der Waals surface area contributed by atoms with Crippen molar-refractivity contribution in [1.29, 1.82) is 0 Å². The van der Waals surface area contributed by atoms with Gasteiger partial charge >= 0.3 is 5.97 Å². The van der Waals surface area contributed by atoms with Crippen molar-refractivity contribution >= 4 is 29.2 Å². The molecule has 0 aromatic carbocycles. The van der Waals surface area contributed by atoms with E-state index in [9.17, 15) is 4.79 Å². The fourth-order valence-electron chi connectivity index (χ4n) is 1.40. The normalized spacial score (nSPS) is 12.2. The van der Waals surface area contributed by atoms with Gasteiger partial charge in [-0.05, 0) is 24.1 Å².